The highest BCUT2D eigenvalue weighted by atomic mass is 15.3. The lowest BCUT2D eigenvalue weighted by Crippen LogP contribution is -2.06. The van der Waals surface area contributed by atoms with E-state index in [-0.39, 0.29) is 6.04 Å². The van der Waals surface area contributed by atoms with Gasteiger partial charge in [-0.25, -0.2) is 0 Å². The number of benzene rings is 1. The summed E-state index contributed by atoms with van der Waals surface area (Å²) >= 11 is 0. The van der Waals surface area contributed by atoms with Gasteiger partial charge in [0.2, 0.25) is 0 Å². The minimum Gasteiger partial charge on any atom is -0.378 e. The van der Waals surface area contributed by atoms with E-state index in [0.29, 0.717) is 0 Å². The Labute approximate surface area is 102 Å². The van der Waals surface area contributed by atoms with Crippen LogP contribution in [0.15, 0.2) is 30.5 Å². The highest BCUT2D eigenvalue weighted by Crippen LogP contribution is 2.21. The van der Waals surface area contributed by atoms with Gasteiger partial charge in [0.15, 0.2) is 0 Å². The van der Waals surface area contributed by atoms with Gasteiger partial charge in [-0.1, -0.05) is 17.7 Å². The average molecular weight is 229 g/mol. The molecule has 0 aliphatic heterocycles. The Morgan fingerprint density at radius 3 is 2.35 bits per heavy atom. The van der Waals surface area contributed by atoms with Gasteiger partial charge in [0.1, 0.15) is 0 Å². The van der Waals surface area contributed by atoms with E-state index in [2.05, 4.69) is 54.7 Å². The second-order valence-corrected chi connectivity index (χ2v) is 4.58. The van der Waals surface area contributed by atoms with Crippen LogP contribution < -0.4 is 5.32 Å². The fraction of sp³-hybridized carbons (Fsp3) is 0.357. The number of aryl methyl sites for hydroxylation is 3. The molecule has 0 amide bonds. The maximum Gasteiger partial charge on any atom is 0.0646 e. The molecule has 0 spiro atoms. The van der Waals surface area contributed by atoms with E-state index in [1.807, 2.05) is 18.7 Å². The Hall–Kier alpha value is -1.77. The molecule has 2 aromatic rings. The van der Waals surface area contributed by atoms with Gasteiger partial charge in [0.05, 0.1) is 11.7 Å². The zero-order valence-electron chi connectivity index (χ0n) is 10.9. The summed E-state index contributed by atoms with van der Waals surface area (Å²) in [7, 11) is 1.95. The normalized spacial score (nSPS) is 12.5. The third kappa shape index (κ3) is 2.67. The number of anilines is 1. The summed E-state index contributed by atoms with van der Waals surface area (Å²) in [5.41, 5.74) is 4.75. The average Bonchev–Trinajstić information content (AvgIpc) is 2.61. The molecule has 1 aromatic heterocycles. The molecule has 0 aliphatic rings. The van der Waals surface area contributed by atoms with E-state index in [9.17, 15) is 0 Å². The Morgan fingerprint density at radius 2 is 1.82 bits per heavy atom. The Balaban J connectivity index is 2.14. The first kappa shape index (κ1) is 11.7. The molecule has 1 aromatic carbocycles. The van der Waals surface area contributed by atoms with Crippen LogP contribution in [-0.4, -0.2) is 9.78 Å². The second kappa shape index (κ2) is 4.62. The smallest absolute Gasteiger partial charge is 0.0646 e. The summed E-state index contributed by atoms with van der Waals surface area (Å²) in [6, 6.07) is 8.72. The topological polar surface area (TPSA) is 29.9 Å². The quantitative estimate of drug-likeness (QED) is 0.875. The van der Waals surface area contributed by atoms with Crippen LogP contribution in [0, 0.1) is 13.8 Å². The van der Waals surface area contributed by atoms with Gasteiger partial charge in [-0.3, -0.25) is 4.68 Å². The first-order valence-electron chi connectivity index (χ1n) is 5.89. The van der Waals surface area contributed by atoms with Gasteiger partial charge in [0, 0.05) is 24.5 Å². The fourth-order valence-corrected chi connectivity index (χ4v) is 2.02. The first-order valence-corrected chi connectivity index (χ1v) is 5.89. The van der Waals surface area contributed by atoms with Crippen molar-refractivity contribution in [1.82, 2.24) is 9.78 Å². The van der Waals surface area contributed by atoms with E-state index in [0.717, 1.165) is 11.4 Å². The van der Waals surface area contributed by atoms with Crippen LogP contribution in [0.2, 0.25) is 0 Å². The van der Waals surface area contributed by atoms with Crippen molar-refractivity contribution in [3.63, 3.8) is 0 Å². The summed E-state index contributed by atoms with van der Waals surface area (Å²) in [5, 5.41) is 7.85. The number of nitrogens with one attached hydrogen (secondary N) is 1. The highest BCUT2D eigenvalue weighted by Gasteiger charge is 2.11. The maximum absolute atomic E-state index is 4.36. The zero-order valence-corrected chi connectivity index (χ0v) is 10.9. The van der Waals surface area contributed by atoms with Crippen molar-refractivity contribution in [3.8, 4) is 0 Å². The lowest BCUT2D eigenvalue weighted by molar-refractivity contribution is 0.756. The van der Waals surface area contributed by atoms with Gasteiger partial charge in [-0.2, -0.15) is 5.10 Å². The second-order valence-electron chi connectivity index (χ2n) is 4.58. The van der Waals surface area contributed by atoms with Crippen LogP contribution in [0.5, 0.6) is 0 Å². The van der Waals surface area contributed by atoms with Crippen molar-refractivity contribution in [2.75, 3.05) is 5.32 Å². The summed E-state index contributed by atoms with van der Waals surface area (Å²) in [5.74, 6) is 0. The zero-order chi connectivity index (χ0) is 12.4. The number of hydrogen-bond donors (Lipinski definition) is 1. The molecule has 0 fully saturated rings. The summed E-state index contributed by atoms with van der Waals surface area (Å²) in [6.07, 6.45) is 2.07. The minimum atomic E-state index is 0.270. The lowest BCUT2D eigenvalue weighted by Gasteiger charge is -2.14. The molecular weight excluding hydrogens is 210 g/mol. The number of nitrogens with zero attached hydrogens (tertiary/aromatic N) is 2. The van der Waals surface area contributed by atoms with E-state index >= 15 is 0 Å². The molecule has 0 saturated heterocycles. The van der Waals surface area contributed by atoms with Crippen LogP contribution in [0.3, 0.4) is 0 Å². The van der Waals surface area contributed by atoms with Gasteiger partial charge in [-0.15, -0.1) is 0 Å². The van der Waals surface area contributed by atoms with Crippen LogP contribution in [0.4, 0.5) is 5.69 Å². The van der Waals surface area contributed by atoms with E-state index in [4.69, 9.17) is 0 Å². The standard InChI is InChI=1S/C14H19N3/c1-10-5-7-13(8-6-10)15-11(2)14-9-17(4)16-12(14)3/h5-9,11,15H,1-4H3. The first-order chi connectivity index (χ1) is 8.06. The van der Waals surface area contributed by atoms with Crippen LogP contribution in [0.1, 0.15) is 29.8 Å². The van der Waals surface area contributed by atoms with Crippen molar-refractivity contribution < 1.29 is 0 Å². The number of hydrogen-bond acceptors (Lipinski definition) is 2. The third-order valence-corrected chi connectivity index (χ3v) is 2.95. The van der Waals surface area contributed by atoms with E-state index in [1.165, 1.54) is 11.1 Å². The minimum absolute atomic E-state index is 0.270. The van der Waals surface area contributed by atoms with Crippen molar-refractivity contribution in [3.05, 3.63) is 47.3 Å². The maximum atomic E-state index is 4.36. The van der Waals surface area contributed by atoms with Crippen molar-refractivity contribution >= 4 is 5.69 Å². The van der Waals surface area contributed by atoms with Crippen molar-refractivity contribution in [2.45, 2.75) is 26.8 Å². The van der Waals surface area contributed by atoms with Crippen LogP contribution >= 0.6 is 0 Å². The SMILES string of the molecule is Cc1ccc(NC(C)c2cn(C)nc2C)cc1. The predicted octanol–water partition coefficient (Wildman–Crippen LogP) is 3.21. The summed E-state index contributed by atoms with van der Waals surface area (Å²) in [6.45, 7) is 6.30. The monoisotopic (exact) mass is 229 g/mol. The lowest BCUT2D eigenvalue weighted by atomic mass is 10.1. The third-order valence-electron chi connectivity index (χ3n) is 2.95. The molecule has 1 atom stereocenters. The Bertz CT molecular complexity index is 497. The Morgan fingerprint density at radius 1 is 1.18 bits per heavy atom. The summed E-state index contributed by atoms with van der Waals surface area (Å²) in [4.78, 5) is 0. The molecule has 1 unspecified atom stereocenters. The molecule has 0 saturated carbocycles. The Kier molecular flexibility index (Phi) is 3.18. The van der Waals surface area contributed by atoms with Gasteiger partial charge >= 0.3 is 0 Å². The molecule has 3 nitrogen and oxygen atoms in total. The molecule has 1 N–H and O–H groups in total. The number of rotatable bonds is 3. The van der Waals surface area contributed by atoms with E-state index < -0.39 is 0 Å². The molecule has 0 bridgehead atoms. The van der Waals surface area contributed by atoms with Gasteiger partial charge < -0.3 is 5.32 Å². The molecule has 1 heterocycles. The molecule has 17 heavy (non-hydrogen) atoms. The van der Waals surface area contributed by atoms with E-state index in [1.54, 1.807) is 0 Å². The molecular formula is C14H19N3. The van der Waals surface area contributed by atoms with Crippen molar-refractivity contribution in [1.29, 1.82) is 0 Å². The molecule has 0 radical (unpaired) electrons. The molecule has 0 aliphatic carbocycles. The van der Waals surface area contributed by atoms with Gasteiger partial charge in [0.25, 0.3) is 0 Å². The van der Waals surface area contributed by atoms with Crippen LogP contribution in [-0.2, 0) is 7.05 Å². The highest BCUT2D eigenvalue weighted by molar-refractivity contribution is 5.46. The molecule has 2 rings (SSSR count). The number of aromatic nitrogens is 2. The largest absolute Gasteiger partial charge is 0.378 e. The van der Waals surface area contributed by atoms with Gasteiger partial charge in [-0.05, 0) is 32.9 Å². The molecule has 3 heteroatoms. The van der Waals surface area contributed by atoms with Crippen LogP contribution in [0.25, 0.3) is 0 Å². The summed E-state index contributed by atoms with van der Waals surface area (Å²) < 4.78 is 1.86. The molecule has 90 valence electrons. The predicted molar refractivity (Wildman–Crippen MR) is 71.2 cm³/mol. The fourth-order valence-electron chi connectivity index (χ4n) is 2.02. The van der Waals surface area contributed by atoms with Crippen molar-refractivity contribution in [2.24, 2.45) is 7.05 Å².